The van der Waals surface area contributed by atoms with E-state index in [9.17, 15) is 0 Å². The van der Waals surface area contributed by atoms with Crippen LogP contribution in [-0.2, 0) is 4.74 Å². The quantitative estimate of drug-likeness (QED) is 0.743. The van der Waals surface area contributed by atoms with E-state index in [1.54, 1.807) is 0 Å². The molecule has 0 N–H and O–H groups in total. The van der Waals surface area contributed by atoms with Crippen molar-refractivity contribution < 1.29 is 4.74 Å². The second-order valence-corrected chi connectivity index (χ2v) is 6.95. The van der Waals surface area contributed by atoms with Crippen molar-refractivity contribution in [3.05, 3.63) is 0 Å². The molecule has 1 saturated heterocycles. The van der Waals surface area contributed by atoms with Crippen LogP contribution in [0, 0.1) is 23.7 Å². The first kappa shape index (κ1) is 13.7. The molecule has 2 fully saturated rings. The molecule has 0 spiro atoms. The Labute approximate surface area is 112 Å². The van der Waals surface area contributed by atoms with Crippen LogP contribution >= 0.6 is 12.6 Å². The summed E-state index contributed by atoms with van der Waals surface area (Å²) in [6.07, 6.45) is 7.22. The normalized spacial score (nSPS) is 43.4. The zero-order valence-electron chi connectivity index (χ0n) is 11.6. The molecule has 0 aromatic carbocycles. The van der Waals surface area contributed by atoms with Crippen molar-refractivity contribution in [2.45, 2.75) is 64.2 Å². The van der Waals surface area contributed by atoms with Gasteiger partial charge in [0, 0.05) is 5.25 Å². The molecule has 17 heavy (non-hydrogen) atoms. The molecular formula is C15H28OS. The van der Waals surface area contributed by atoms with Crippen LogP contribution in [0.1, 0.15) is 52.9 Å². The Kier molecular flexibility index (Phi) is 4.82. The van der Waals surface area contributed by atoms with Gasteiger partial charge in [-0.25, -0.2) is 0 Å². The maximum atomic E-state index is 6.04. The second-order valence-electron chi connectivity index (χ2n) is 6.36. The molecule has 2 aliphatic rings. The third-order valence-corrected chi connectivity index (χ3v) is 5.94. The minimum atomic E-state index is 0.448. The van der Waals surface area contributed by atoms with Gasteiger partial charge < -0.3 is 4.74 Å². The molecule has 0 aromatic heterocycles. The van der Waals surface area contributed by atoms with Crippen LogP contribution < -0.4 is 0 Å². The van der Waals surface area contributed by atoms with Gasteiger partial charge in [0.25, 0.3) is 0 Å². The summed E-state index contributed by atoms with van der Waals surface area (Å²) in [5, 5.41) is 0.474. The summed E-state index contributed by atoms with van der Waals surface area (Å²) in [6, 6.07) is 0. The topological polar surface area (TPSA) is 9.23 Å². The SMILES string of the molecule is CCC(C)CCC1COC2C(S)C(C)CCC12. The summed E-state index contributed by atoms with van der Waals surface area (Å²) in [5.74, 6) is 3.23. The van der Waals surface area contributed by atoms with Gasteiger partial charge in [0.15, 0.2) is 0 Å². The van der Waals surface area contributed by atoms with Crippen LogP contribution in [0.25, 0.3) is 0 Å². The highest BCUT2D eigenvalue weighted by molar-refractivity contribution is 7.81. The number of rotatable bonds is 4. The van der Waals surface area contributed by atoms with E-state index in [0.29, 0.717) is 11.4 Å². The highest BCUT2D eigenvalue weighted by Gasteiger charge is 2.44. The van der Waals surface area contributed by atoms with Crippen molar-refractivity contribution in [3.8, 4) is 0 Å². The Balaban J connectivity index is 1.86. The van der Waals surface area contributed by atoms with Crippen molar-refractivity contribution in [1.29, 1.82) is 0 Å². The van der Waals surface area contributed by atoms with Gasteiger partial charge in [-0.3, -0.25) is 0 Å². The monoisotopic (exact) mass is 256 g/mol. The van der Waals surface area contributed by atoms with Crippen LogP contribution in [0.4, 0.5) is 0 Å². The fraction of sp³-hybridized carbons (Fsp3) is 1.00. The predicted molar refractivity (Wildman–Crippen MR) is 76.6 cm³/mol. The summed E-state index contributed by atoms with van der Waals surface area (Å²) >= 11 is 4.77. The van der Waals surface area contributed by atoms with Crippen molar-refractivity contribution in [2.24, 2.45) is 23.7 Å². The molecule has 1 saturated carbocycles. The lowest BCUT2D eigenvalue weighted by molar-refractivity contribution is 0.0564. The standard InChI is InChI=1S/C15H28OS/c1-4-10(2)5-7-12-9-16-14-13(12)8-6-11(3)15(14)17/h10-15,17H,4-9H2,1-3H3. The molecule has 2 rings (SSSR count). The molecule has 1 aliphatic heterocycles. The summed E-state index contributed by atoms with van der Waals surface area (Å²) in [4.78, 5) is 0. The van der Waals surface area contributed by atoms with Crippen molar-refractivity contribution in [3.63, 3.8) is 0 Å². The van der Waals surface area contributed by atoms with E-state index >= 15 is 0 Å². The molecule has 1 nitrogen and oxygen atoms in total. The minimum Gasteiger partial charge on any atom is -0.376 e. The van der Waals surface area contributed by atoms with Crippen LogP contribution in [-0.4, -0.2) is 18.0 Å². The smallest absolute Gasteiger partial charge is 0.0725 e. The van der Waals surface area contributed by atoms with E-state index in [1.807, 2.05) is 0 Å². The van der Waals surface area contributed by atoms with Gasteiger partial charge in [0.05, 0.1) is 12.7 Å². The third kappa shape index (κ3) is 3.01. The molecule has 0 radical (unpaired) electrons. The lowest BCUT2D eigenvalue weighted by atomic mass is 9.74. The van der Waals surface area contributed by atoms with Gasteiger partial charge in [-0.2, -0.15) is 12.6 Å². The summed E-state index contributed by atoms with van der Waals surface area (Å²) < 4.78 is 6.04. The minimum absolute atomic E-state index is 0.448. The molecular weight excluding hydrogens is 228 g/mol. The lowest BCUT2D eigenvalue weighted by Crippen LogP contribution is -2.38. The van der Waals surface area contributed by atoms with Crippen molar-refractivity contribution in [2.75, 3.05) is 6.61 Å². The average Bonchev–Trinajstić information content (AvgIpc) is 2.74. The molecule has 2 heteroatoms. The summed E-state index contributed by atoms with van der Waals surface area (Å²) in [6.45, 7) is 7.99. The maximum Gasteiger partial charge on any atom is 0.0725 e. The van der Waals surface area contributed by atoms with Gasteiger partial charge in [0.1, 0.15) is 0 Å². The van der Waals surface area contributed by atoms with E-state index in [2.05, 4.69) is 20.8 Å². The van der Waals surface area contributed by atoms with Crippen LogP contribution in [0.2, 0.25) is 0 Å². The van der Waals surface area contributed by atoms with Gasteiger partial charge in [-0.1, -0.05) is 33.6 Å². The van der Waals surface area contributed by atoms with E-state index in [-0.39, 0.29) is 0 Å². The Bertz CT molecular complexity index is 243. The molecule has 1 aliphatic carbocycles. The second kappa shape index (κ2) is 5.97. The van der Waals surface area contributed by atoms with E-state index in [1.165, 1.54) is 32.1 Å². The Morgan fingerprint density at radius 1 is 1.35 bits per heavy atom. The fourth-order valence-electron chi connectivity index (χ4n) is 3.45. The van der Waals surface area contributed by atoms with Crippen molar-refractivity contribution in [1.82, 2.24) is 0 Å². The van der Waals surface area contributed by atoms with E-state index in [4.69, 9.17) is 17.4 Å². The third-order valence-electron chi connectivity index (χ3n) is 5.13. The summed E-state index contributed by atoms with van der Waals surface area (Å²) in [5.41, 5.74) is 0. The molecule has 0 aromatic rings. The van der Waals surface area contributed by atoms with E-state index < -0.39 is 0 Å². The Morgan fingerprint density at radius 3 is 2.82 bits per heavy atom. The first-order chi connectivity index (χ1) is 8.13. The summed E-state index contributed by atoms with van der Waals surface area (Å²) in [7, 11) is 0. The highest BCUT2D eigenvalue weighted by Crippen LogP contribution is 2.44. The fourth-order valence-corrected chi connectivity index (χ4v) is 3.91. The molecule has 0 amide bonds. The molecule has 0 bridgehead atoms. The number of hydrogen-bond donors (Lipinski definition) is 1. The zero-order valence-corrected chi connectivity index (χ0v) is 12.5. The van der Waals surface area contributed by atoms with Crippen LogP contribution in [0.3, 0.4) is 0 Å². The molecule has 6 atom stereocenters. The van der Waals surface area contributed by atoms with Crippen LogP contribution in [0.15, 0.2) is 0 Å². The number of fused-ring (bicyclic) bond motifs is 1. The molecule has 100 valence electrons. The van der Waals surface area contributed by atoms with Crippen molar-refractivity contribution >= 4 is 12.6 Å². The predicted octanol–water partition coefficient (Wildman–Crippen LogP) is 4.17. The Morgan fingerprint density at radius 2 is 2.12 bits per heavy atom. The van der Waals surface area contributed by atoms with Gasteiger partial charge >= 0.3 is 0 Å². The van der Waals surface area contributed by atoms with Gasteiger partial charge in [-0.05, 0) is 42.9 Å². The Hall–Kier alpha value is 0.310. The number of hydrogen-bond acceptors (Lipinski definition) is 2. The number of thiol groups is 1. The molecule has 1 heterocycles. The van der Waals surface area contributed by atoms with Crippen LogP contribution in [0.5, 0.6) is 0 Å². The maximum absolute atomic E-state index is 6.04. The first-order valence-corrected chi connectivity index (χ1v) is 7.94. The largest absolute Gasteiger partial charge is 0.376 e. The van der Waals surface area contributed by atoms with Gasteiger partial charge in [-0.15, -0.1) is 0 Å². The average molecular weight is 256 g/mol. The number of ether oxygens (including phenoxy) is 1. The van der Waals surface area contributed by atoms with Gasteiger partial charge in [0.2, 0.25) is 0 Å². The highest BCUT2D eigenvalue weighted by atomic mass is 32.1. The first-order valence-electron chi connectivity index (χ1n) is 7.43. The zero-order chi connectivity index (χ0) is 12.4. The molecule has 6 unspecified atom stereocenters. The lowest BCUT2D eigenvalue weighted by Gasteiger charge is -2.36. The van der Waals surface area contributed by atoms with E-state index in [0.717, 1.165) is 30.3 Å².